The van der Waals surface area contributed by atoms with Gasteiger partial charge in [0.25, 0.3) is 3.25 Å². The molecule has 0 aliphatic rings. The van der Waals surface area contributed by atoms with Crippen molar-refractivity contribution in [2.24, 2.45) is 0 Å². The van der Waals surface area contributed by atoms with Gasteiger partial charge < -0.3 is 5.48 Å². The summed E-state index contributed by atoms with van der Waals surface area (Å²) in [5.41, 5.74) is 0. The van der Waals surface area contributed by atoms with Crippen LogP contribution in [0.5, 0.6) is 0 Å². The molecule has 40 valence electrons. The number of alkyl halides is 4. The summed E-state index contributed by atoms with van der Waals surface area (Å²) in [5, 5.41) is 0. The standard InChI is InChI=1S/CCl4.H2O/c2-1(3,4)5;/h;1H2. The minimum absolute atomic E-state index is 0. The molecule has 0 heterocycles. The third-order valence-corrected chi connectivity index (χ3v) is 0. The van der Waals surface area contributed by atoms with E-state index in [1.165, 1.54) is 0 Å². The monoisotopic (exact) mass is 170 g/mol. The Morgan fingerprint density at radius 1 is 0.833 bits per heavy atom. The van der Waals surface area contributed by atoms with Gasteiger partial charge in [-0.05, 0) is 0 Å². The topological polar surface area (TPSA) is 31.5 Å². The van der Waals surface area contributed by atoms with Crippen molar-refractivity contribution in [3.63, 3.8) is 0 Å². The molecule has 0 saturated carbocycles. The highest BCUT2D eigenvalue weighted by molar-refractivity contribution is 6.83. The van der Waals surface area contributed by atoms with E-state index < -0.39 is 3.25 Å². The molecule has 0 saturated heterocycles. The second-order valence-electron chi connectivity index (χ2n) is 0.429. The van der Waals surface area contributed by atoms with Crippen molar-refractivity contribution in [1.82, 2.24) is 0 Å². The predicted molar refractivity (Wildman–Crippen MR) is 29.8 cm³/mol. The van der Waals surface area contributed by atoms with Crippen LogP contribution in [0.4, 0.5) is 0 Å². The Morgan fingerprint density at radius 3 is 0.833 bits per heavy atom. The van der Waals surface area contributed by atoms with Gasteiger partial charge in [0.1, 0.15) is 0 Å². The van der Waals surface area contributed by atoms with E-state index in [9.17, 15) is 0 Å². The first-order valence-electron chi connectivity index (χ1n) is 0.756. The van der Waals surface area contributed by atoms with Crippen LogP contribution in [0.3, 0.4) is 0 Å². The van der Waals surface area contributed by atoms with Crippen molar-refractivity contribution in [3.8, 4) is 0 Å². The van der Waals surface area contributed by atoms with E-state index >= 15 is 0 Å². The zero-order valence-corrected chi connectivity index (χ0v) is 5.54. The summed E-state index contributed by atoms with van der Waals surface area (Å²) >= 11 is 19.3. The lowest BCUT2D eigenvalue weighted by Gasteiger charge is -1.91. The Labute approximate surface area is 55.4 Å². The van der Waals surface area contributed by atoms with Crippen LogP contribution >= 0.6 is 46.4 Å². The fourth-order valence-corrected chi connectivity index (χ4v) is 0. The molecule has 0 aliphatic carbocycles. The molecule has 0 unspecified atom stereocenters. The highest BCUT2D eigenvalue weighted by atomic mass is 35.6. The van der Waals surface area contributed by atoms with E-state index in [1.807, 2.05) is 0 Å². The third-order valence-electron chi connectivity index (χ3n) is 0. The quantitative estimate of drug-likeness (QED) is 0.498. The van der Waals surface area contributed by atoms with Gasteiger partial charge in [-0.2, -0.15) is 0 Å². The summed E-state index contributed by atoms with van der Waals surface area (Å²) in [7, 11) is 0. The van der Waals surface area contributed by atoms with E-state index in [-0.39, 0.29) is 5.48 Å². The van der Waals surface area contributed by atoms with E-state index in [0.29, 0.717) is 0 Å². The maximum Gasteiger partial charge on any atom is 0.266 e. The van der Waals surface area contributed by atoms with Crippen LogP contribution in [-0.2, 0) is 0 Å². The molecule has 0 aromatic heterocycles. The van der Waals surface area contributed by atoms with E-state index in [4.69, 9.17) is 46.4 Å². The van der Waals surface area contributed by atoms with Gasteiger partial charge in [-0.3, -0.25) is 0 Å². The van der Waals surface area contributed by atoms with Crippen molar-refractivity contribution < 1.29 is 5.48 Å². The third kappa shape index (κ3) is 69.3. The van der Waals surface area contributed by atoms with Crippen LogP contribution in [0.1, 0.15) is 0 Å². The van der Waals surface area contributed by atoms with Gasteiger partial charge in [0, 0.05) is 0 Å². The maximum atomic E-state index is 4.83. The first kappa shape index (κ1) is 10.2. The van der Waals surface area contributed by atoms with Gasteiger partial charge in [-0.1, -0.05) is 46.4 Å². The highest BCUT2D eigenvalue weighted by Crippen LogP contribution is 2.29. The molecule has 0 fully saturated rings. The van der Waals surface area contributed by atoms with Crippen molar-refractivity contribution in [2.75, 3.05) is 0 Å². The summed E-state index contributed by atoms with van der Waals surface area (Å²) in [4.78, 5) is 0. The van der Waals surface area contributed by atoms with E-state index in [2.05, 4.69) is 0 Å². The zero-order chi connectivity index (χ0) is 4.50. The molecule has 0 spiro atoms. The molecule has 0 rings (SSSR count). The van der Waals surface area contributed by atoms with Gasteiger partial charge >= 0.3 is 0 Å². The molecular formula is CH2Cl4O. The fraction of sp³-hybridized carbons (Fsp3) is 1.00. The molecular weight excluding hydrogens is 170 g/mol. The van der Waals surface area contributed by atoms with Crippen LogP contribution < -0.4 is 0 Å². The maximum absolute atomic E-state index is 4.83. The Bertz CT molecular complexity index is 23.0. The summed E-state index contributed by atoms with van der Waals surface area (Å²) in [6, 6.07) is 0. The van der Waals surface area contributed by atoms with Crippen LogP contribution in [-0.4, -0.2) is 8.73 Å². The number of rotatable bonds is 0. The van der Waals surface area contributed by atoms with E-state index in [1.54, 1.807) is 0 Å². The molecule has 6 heavy (non-hydrogen) atoms. The summed E-state index contributed by atoms with van der Waals surface area (Å²) in [5.74, 6) is 0. The molecule has 1 nitrogen and oxygen atoms in total. The minimum Gasteiger partial charge on any atom is -0.412 e. The minimum atomic E-state index is -1.61. The molecule has 5 heteroatoms. The van der Waals surface area contributed by atoms with Gasteiger partial charge in [-0.15, -0.1) is 0 Å². The molecule has 2 N–H and O–H groups in total. The fourth-order valence-electron chi connectivity index (χ4n) is 0. The second-order valence-corrected chi connectivity index (χ2v) is 3.86. The lowest BCUT2D eigenvalue weighted by molar-refractivity contribution is 0.824. The molecule has 0 atom stereocenters. The summed E-state index contributed by atoms with van der Waals surface area (Å²) in [6.07, 6.45) is 0. The van der Waals surface area contributed by atoms with Crippen LogP contribution in [0.25, 0.3) is 0 Å². The predicted octanol–water partition coefficient (Wildman–Crippen LogP) is 1.73. The average molecular weight is 172 g/mol. The van der Waals surface area contributed by atoms with Crippen LogP contribution in [0.2, 0.25) is 0 Å². The zero-order valence-electron chi connectivity index (χ0n) is 2.51. The molecule has 0 aromatic rings. The highest BCUT2D eigenvalue weighted by Gasteiger charge is 2.11. The van der Waals surface area contributed by atoms with Crippen molar-refractivity contribution in [1.29, 1.82) is 0 Å². The van der Waals surface area contributed by atoms with Gasteiger partial charge in [0.05, 0.1) is 0 Å². The first-order chi connectivity index (χ1) is 2.00. The normalized spacial score (nSPS) is 10.0. The Kier molecular flexibility index (Phi) is 5.37. The van der Waals surface area contributed by atoms with Crippen molar-refractivity contribution >= 4 is 46.4 Å². The summed E-state index contributed by atoms with van der Waals surface area (Å²) < 4.78 is -1.61. The van der Waals surface area contributed by atoms with Gasteiger partial charge in [-0.25, -0.2) is 0 Å². The van der Waals surface area contributed by atoms with Gasteiger partial charge in [0.2, 0.25) is 0 Å². The molecule has 0 bridgehead atoms. The van der Waals surface area contributed by atoms with Crippen molar-refractivity contribution in [2.45, 2.75) is 3.25 Å². The summed E-state index contributed by atoms with van der Waals surface area (Å²) in [6.45, 7) is 0. The van der Waals surface area contributed by atoms with E-state index in [0.717, 1.165) is 0 Å². The SMILES string of the molecule is ClC(Cl)(Cl)Cl.O. The number of hydrogen-bond donors (Lipinski definition) is 0. The van der Waals surface area contributed by atoms with Gasteiger partial charge in [0.15, 0.2) is 0 Å². The second kappa shape index (κ2) is 3.16. The lowest BCUT2D eigenvalue weighted by atomic mass is 11.8. The average Bonchev–Trinajstić information content (AvgIpc) is 0.722. The Balaban J connectivity index is 0. The van der Waals surface area contributed by atoms with Crippen molar-refractivity contribution in [3.05, 3.63) is 0 Å². The Morgan fingerprint density at radius 2 is 0.833 bits per heavy atom. The molecule has 0 radical (unpaired) electrons. The molecule has 0 amide bonds. The smallest absolute Gasteiger partial charge is 0.266 e. The Hall–Kier alpha value is 1.12. The largest absolute Gasteiger partial charge is 0.412 e. The van der Waals surface area contributed by atoms with Crippen LogP contribution in [0.15, 0.2) is 0 Å². The van der Waals surface area contributed by atoms with Crippen LogP contribution in [0, 0.1) is 0 Å². The lowest BCUT2D eigenvalue weighted by Crippen LogP contribution is -1.81. The first-order valence-corrected chi connectivity index (χ1v) is 2.27. The number of halogens is 4. The molecule has 0 aliphatic heterocycles. The number of hydrogen-bond acceptors (Lipinski definition) is 0. The molecule has 0 aromatic carbocycles.